The number of hydrogen-bond donors (Lipinski definition) is 0. The summed E-state index contributed by atoms with van der Waals surface area (Å²) in [6.07, 6.45) is 1.10. The zero-order valence-electron chi connectivity index (χ0n) is 9.75. The zero-order valence-corrected chi connectivity index (χ0v) is 12.9. The lowest BCUT2D eigenvalue weighted by atomic mass is 10.1. The maximum absolute atomic E-state index is 12.3. The van der Waals surface area contributed by atoms with Gasteiger partial charge in [0.2, 0.25) is 0 Å². The van der Waals surface area contributed by atoms with Crippen LogP contribution in [0.15, 0.2) is 22.7 Å². The Kier molecular flexibility index (Phi) is 4.26. The molecular weight excluding hydrogens is 346 g/mol. The number of carbonyl (C=O) groups excluding carboxylic acids is 1. The first-order valence-corrected chi connectivity index (χ1v) is 7.64. The van der Waals surface area contributed by atoms with Gasteiger partial charge in [-0.15, -0.1) is 0 Å². The average molecular weight is 361 g/mol. The number of likely N-dealkylation sites (tertiary alicyclic amines) is 1. The summed E-state index contributed by atoms with van der Waals surface area (Å²) >= 11 is 6.92. The molecule has 1 aliphatic rings. The van der Waals surface area contributed by atoms with Crippen LogP contribution in [0, 0.1) is 12.8 Å². The van der Waals surface area contributed by atoms with Gasteiger partial charge in [0, 0.05) is 28.5 Å². The highest BCUT2D eigenvalue weighted by Crippen LogP contribution is 2.22. The van der Waals surface area contributed by atoms with Crippen molar-refractivity contribution >= 4 is 37.8 Å². The topological polar surface area (TPSA) is 20.3 Å². The van der Waals surface area contributed by atoms with Gasteiger partial charge in [-0.2, -0.15) is 0 Å². The molecule has 1 aromatic carbocycles. The highest BCUT2D eigenvalue weighted by molar-refractivity contribution is 9.10. The molecule has 0 spiro atoms. The zero-order chi connectivity index (χ0) is 12.4. The number of alkyl halides is 1. The predicted octanol–water partition coefficient (Wildman–Crippen LogP) is 3.61. The normalized spacial score (nSPS) is 19.7. The van der Waals surface area contributed by atoms with Gasteiger partial charge in [-0.3, -0.25) is 4.79 Å². The van der Waals surface area contributed by atoms with E-state index in [9.17, 15) is 4.79 Å². The van der Waals surface area contributed by atoms with Gasteiger partial charge >= 0.3 is 0 Å². The summed E-state index contributed by atoms with van der Waals surface area (Å²) < 4.78 is 0.970. The number of rotatable bonds is 2. The summed E-state index contributed by atoms with van der Waals surface area (Å²) in [6.45, 7) is 3.75. The van der Waals surface area contributed by atoms with Gasteiger partial charge in [0.1, 0.15) is 0 Å². The Bertz CT molecular complexity index is 413. The summed E-state index contributed by atoms with van der Waals surface area (Å²) in [4.78, 5) is 14.3. The molecule has 1 amide bonds. The minimum atomic E-state index is 0.151. The van der Waals surface area contributed by atoms with Crippen molar-refractivity contribution in [1.82, 2.24) is 4.90 Å². The molecule has 1 aliphatic heterocycles. The quantitative estimate of drug-likeness (QED) is 0.737. The smallest absolute Gasteiger partial charge is 0.253 e. The lowest BCUT2D eigenvalue weighted by Crippen LogP contribution is -2.28. The van der Waals surface area contributed by atoms with Crippen LogP contribution in [0.1, 0.15) is 22.3 Å². The molecule has 0 saturated carbocycles. The van der Waals surface area contributed by atoms with Gasteiger partial charge in [0.15, 0.2) is 0 Å². The molecule has 0 radical (unpaired) electrons. The Balaban J connectivity index is 2.14. The van der Waals surface area contributed by atoms with E-state index in [1.165, 1.54) is 0 Å². The van der Waals surface area contributed by atoms with E-state index in [0.717, 1.165) is 40.4 Å². The largest absolute Gasteiger partial charge is 0.338 e. The minimum Gasteiger partial charge on any atom is -0.338 e. The molecule has 1 atom stereocenters. The van der Waals surface area contributed by atoms with Crippen molar-refractivity contribution in [2.75, 3.05) is 18.4 Å². The maximum atomic E-state index is 12.3. The highest BCUT2D eigenvalue weighted by Gasteiger charge is 2.26. The van der Waals surface area contributed by atoms with Crippen LogP contribution in [0.4, 0.5) is 0 Å². The van der Waals surface area contributed by atoms with E-state index in [4.69, 9.17) is 0 Å². The van der Waals surface area contributed by atoms with Gasteiger partial charge < -0.3 is 4.90 Å². The van der Waals surface area contributed by atoms with Crippen LogP contribution in [-0.4, -0.2) is 29.2 Å². The van der Waals surface area contributed by atoms with Crippen molar-refractivity contribution in [3.05, 3.63) is 33.8 Å². The number of halogens is 2. The van der Waals surface area contributed by atoms with Gasteiger partial charge in [-0.25, -0.2) is 0 Å². The standard InChI is InChI=1S/C13H15Br2NO/c1-9-4-11(6-12(15)5-9)13(17)16-3-2-10(7-14)8-16/h4-6,10H,2-3,7-8H2,1H3. The molecular formula is C13H15Br2NO. The predicted molar refractivity (Wildman–Crippen MR) is 76.7 cm³/mol. The van der Waals surface area contributed by atoms with E-state index in [2.05, 4.69) is 31.9 Å². The summed E-state index contributed by atoms with van der Waals surface area (Å²) in [7, 11) is 0. The Hall–Kier alpha value is -0.350. The Morgan fingerprint density at radius 2 is 2.24 bits per heavy atom. The molecule has 1 aromatic rings. The molecule has 1 unspecified atom stereocenters. The summed E-state index contributed by atoms with van der Waals surface area (Å²) in [6, 6.07) is 5.87. The number of carbonyl (C=O) groups is 1. The van der Waals surface area contributed by atoms with Crippen molar-refractivity contribution < 1.29 is 4.79 Å². The fraction of sp³-hybridized carbons (Fsp3) is 0.462. The van der Waals surface area contributed by atoms with Gasteiger partial charge in [0.25, 0.3) is 5.91 Å². The Labute approximate surface area is 119 Å². The van der Waals surface area contributed by atoms with Crippen LogP contribution < -0.4 is 0 Å². The first kappa shape index (κ1) is 13.1. The minimum absolute atomic E-state index is 0.151. The molecule has 4 heteroatoms. The maximum Gasteiger partial charge on any atom is 0.253 e. The third kappa shape index (κ3) is 3.10. The lowest BCUT2D eigenvalue weighted by Gasteiger charge is -2.16. The number of aryl methyl sites for hydroxylation is 1. The molecule has 0 bridgehead atoms. The Morgan fingerprint density at radius 3 is 2.82 bits per heavy atom. The molecule has 2 nitrogen and oxygen atoms in total. The van der Waals surface area contributed by atoms with Crippen LogP contribution >= 0.6 is 31.9 Å². The monoisotopic (exact) mass is 359 g/mol. The molecule has 1 heterocycles. The SMILES string of the molecule is Cc1cc(Br)cc(C(=O)N2CCC(CBr)C2)c1. The number of amides is 1. The fourth-order valence-electron chi connectivity index (χ4n) is 2.19. The third-order valence-corrected chi connectivity index (χ3v) is 4.45. The second-order valence-corrected chi connectivity index (χ2v) is 6.14. The van der Waals surface area contributed by atoms with Crippen LogP contribution in [0.25, 0.3) is 0 Å². The fourth-order valence-corrected chi connectivity index (χ4v) is 3.32. The van der Waals surface area contributed by atoms with Gasteiger partial charge in [0.05, 0.1) is 0 Å². The van der Waals surface area contributed by atoms with Crippen molar-refractivity contribution in [3.63, 3.8) is 0 Å². The van der Waals surface area contributed by atoms with E-state index in [1.807, 2.05) is 30.0 Å². The third-order valence-electron chi connectivity index (χ3n) is 3.08. The second kappa shape index (κ2) is 5.53. The number of benzene rings is 1. The highest BCUT2D eigenvalue weighted by atomic mass is 79.9. The lowest BCUT2D eigenvalue weighted by molar-refractivity contribution is 0.0788. The van der Waals surface area contributed by atoms with Crippen LogP contribution in [-0.2, 0) is 0 Å². The van der Waals surface area contributed by atoms with Crippen molar-refractivity contribution in [1.29, 1.82) is 0 Å². The molecule has 0 aliphatic carbocycles. The summed E-state index contributed by atoms with van der Waals surface area (Å²) in [5.74, 6) is 0.755. The molecule has 2 rings (SSSR count). The first-order valence-electron chi connectivity index (χ1n) is 5.72. The van der Waals surface area contributed by atoms with Gasteiger partial charge in [-0.1, -0.05) is 31.9 Å². The van der Waals surface area contributed by atoms with E-state index in [-0.39, 0.29) is 5.91 Å². The molecule has 92 valence electrons. The van der Waals surface area contributed by atoms with Crippen LogP contribution in [0.5, 0.6) is 0 Å². The van der Waals surface area contributed by atoms with Gasteiger partial charge in [-0.05, 0) is 43.0 Å². The molecule has 1 saturated heterocycles. The Morgan fingerprint density at radius 1 is 1.47 bits per heavy atom. The van der Waals surface area contributed by atoms with Crippen molar-refractivity contribution in [2.45, 2.75) is 13.3 Å². The molecule has 0 N–H and O–H groups in total. The summed E-state index contributed by atoms with van der Waals surface area (Å²) in [5, 5.41) is 0.980. The second-order valence-electron chi connectivity index (χ2n) is 4.58. The first-order chi connectivity index (χ1) is 8.10. The van der Waals surface area contributed by atoms with Crippen molar-refractivity contribution in [3.8, 4) is 0 Å². The van der Waals surface area contributed by atoms with Crippen molar-refractivity contribution in [2.24, 2.45) is 5.92 Å². The summed E-state index contributed by atoms with van der Waals surface area (Å²) in [5.41, 5.74) is 1.89. The van der Waals surface area contributed by atoms with E-state index < -0.39 is 0 Å². The van der Waals surface area contributed by atoms with Crippen LogP contribution in [0.2, 0.25) is 0 Å². The molecule has 17 heavy (non-hydrogen) atoms. The number of hydrogen-bond acceptors (Lipinski definition) is 1. The molecule has 0 aromatic heterocycles. The average Bonchev–Trinajstić information content (AvgIpc) is 2.75. The van der Waals surface area contributed by atoms with E-state index in [1.54, 1.807) is 0 Å². The number of nitrogens with zero attached hydrogens (tertiary/aromatic N) is 1. The van der Waals surface area contributed by atoms with Crippen LogP contribution in [0.3, 0.4) is 0 Å². The van der Waals surface area contributed by atoms with E-state index >= 15 is 0 Å². The molecule has 1 fully saturated rings. The van der Waals surface area contributed by atoms with E-state index in [0.29, 0.717) is 5.92 Å².